The highest BCUT2D eigenvalue weighted by molar-refractivity contribution is 6.09. The van der Waals surface area contributed by atoms with E-state index < -0.39 is 24.1 Å². The normalized spacial score (nSPS) is 20.8. The molecule has 0 aromatic heterocycles. The second kappa shape index (κ2) is 13.2. The molecule has 0 bridgehead atoms. The summed E-state index contributed by atoms with van der Waals surface area (Å²) in [5.74, 6) is -0.666. The lowest BCUT2D eigenvalue weighted by Crippen LogP contribution is -2.63. The Labute approximate surface area is 238 Å². The zero-order chi connectivity index (χ0) is 28.9. The monoisotopic (exact) mass is 548 g/mol. The fraction of sp³-hybridized carbons (Fsp3) is 0.531. The summed E-state index contributed by atoms with van der Waals surface area (Å²) < 4.78 is 5.62. The summed E-state index contributed by atoms with van der Waals surface area (Å²) in [6.45, 7) is 11.5. The molecule has 1 saturated heterocycles. The number of nitrogens with zero attached hydrogens (tertiary/aromatic N) is 3. The molecule has 216 valence electrons. The van der Waals surface area contributed by atoms with Gasteiger partial charge in [0.25, 0.3) is 5.91 Å². The van der Waals surface area contributed by atoms with E-state index in [1.807, 2.05) is 71.0 Å². The van der Waals surface area contributed by atoms with Crippen LogP contribution in [0.5, 0.6) is 0 Å². The number of carbonyl (C=O) groups is 2. The molecule has 0 radical (unpaired) electrons. The summed E-state index contributed by atoms with van der Waals surface area (Å²) in [4.78, 5) is 36.4. The Morgan fingerprint density at radius 2 is 1.75 bits per heavy atom. The third-order valence-corrected chi connectivity index (χ3v) is 7.43. The number of hydrogen-bond donors (Lipinski definition) is 2. The van der Waals surface area contributed by atoms with Gasteiger partial charge in [-0.05, 0) is 62.6 Å². The maximum Gasteiger partial charge on any atom is 0.270 e. The van der Waals surface area contributed by atoms with Gasteiger partial charge in [-0.25, -0.2) is 4.99 Å². The third kappa shape index (κ3) is 7.85. The Kier molecular flexibility index (Phi) is 9.90. The second-order valence-electron chi connectivity index (χ2n) is 12.1. The Balaban J connectivity index is 1.59. The first-order chi connectivity index (χ1) is 19.0. The van der Waals surface area contributed by atoms with Crippen molar-refractivity contribution in [2.75, 3.05) is 19.6 Å². The van der Waals surface area contributed by atoms with Gasteiger partial charge >= 0.3 is 0 Å². The summed E-state index contributed by atoms with van der Waals surface area (Å²) in [6, 6.07) is 16.8. The van der Waals surface area contributed by atoms with Crippen LogP contribution in [-0.4, -0.2) is 76.2 Å². The second-order valence-corrected chi connectivity index (χ2v) is 12.1. The number of benzene rings is 2. The van der Waals surface area contributed by atoms with Crippen LogP contribution in [0.15, 0.2) is 59.6 Å². The van der Waals surface area contributed by atoms with E-state index in [9.17, 15) is 14.7 Å². The molecule has 2 N–H and O–H groups in total. The minimum atomic E-state index is -1.32. The first kappa shape index (κ1) is 30.1. The number of aliphatic hydroxyl groups excluding tert-OH is 1. The summed E-state index contributed by atoms with van der Waals surface area (Å²) in [5.41, 5.74) is 3.60. The number of rotatable bonds is 8. The smallest absolute Gasteiger partial charge is 0.270 e. The van der Waals surface area contributed by atoms with E-state index in [-0.39, 0.29) is 17.7 Å². The summed E-state index contributed by atoms with van der Waals surface area (Å²) in [5, 5.41) is 13.5. The summed E-state index contributed by atoms with van der Waals surface area (Å²) in [7, 11) is 0. The van der Waals surface area contributed by atoms with Crippen molar-refractivity contribution < 1.29 is 19.4 Å². The molecule has 0 spiro atoms. The van der Waals surface area contributed by atoms with E-state index in [0.717, 1.165) is 36.1 Å². The molecule has 8 nitrogen and oxygen atoms in total. The first-order valence-electron chi connectivity index (χ1n) is 14.4. The molecule has 2 aromatic rings. The molecule has 8 heteroatoms. The third-order valence-electron chi connectivity index (χ3n) is 7.43. The van der Waals surface area contributed by atoms with Crippen LogP contribution >= 0.6 is 0 Å². The van der Waals surface area contributed by atoms with Crippen molar-refractivity contribution in [3.63, 3.8) is 0 Å². The van der Waals surface area contributed by atoms with E-state index in [4.69, 9.17) is 4.74 Å². The lowest BCUT2D eigenvalue weighted by atomic mass is 9.90. The highest BCUT2D eigenvalue weighted by Gasteiger charge is 2.40. The maximum atomic E-state index is 14.0. The molecule has 0 saturated carbocycles. The van der Waals surface area contributed by atoms with Crippen LogP contribution in [0.1, 0.15) is 64.2 Å². The van der Waals surface area contributed by atoms with Gasteiger partial charge in [-0.3, -0.25) is 19.8 Å². The van der Waals surface area contributed by atoms with Gasteiger partial charge in [0.05, 0.1) is 17.4 Å². The Morgan fingerprint density at radius 3 is 2.45 bits per heavy atom. The van der Waals surface area contributed by atoms with Crippen molar-refractivity contribution in [1.82, 2.24) is 15.1 Å². The number of nitrogens with one attached hydrogen (secondary N) is 1. The zero-order valence-electron chi connectivity index (χ0n) is 24.5. The first-order valence-corrected chi connectivity index (χ1v) is 14.4. The van der Waals surface area contributed by atoms with Crippen molar-refractivity contribution in [3.8, 4) is 0 Å². The minimum absolute atomic E-state index is 0.139. The quantitative estimate of drug-likeness (QED) is 0.488. The number of aliphatic imine (C=N–C) groups is 1. The summed E-state index contributed by atoms with van der Waals surface area (Å²) in [6.07, 6.45) is 1.35. The van der Waals surface area contributed by atoms with Crippen LogP contribution in [0.25, 0.3) is 0 Å². The zero-order valence-corrected chi connectivity index (χ0v) is 24.5. The predicted octanol–water partition coefficient (Wildman–Crippen LogP) is 3.76. The highest BCUT2D eigenvalue weighted by Crippen LogP contribution is 2.24. The van der Waals surface area contributed by atoms with Crippen molar-refractivity contribution in [3.05, 3.63) is 71.3 Å². The van der Waals surface area contributed by atoms with Gasteiger partial charge in [0, 0.05) is 26.2 Å². The number of amides is 2. The van der Waals surface area contributed by atoms with Crippen LogP contribution in [0.4, 0.5) is 0 Å². The molecule has 2 aliphatic rings. The number of carbonyl (C=O) groups excluding carboxylic acids is 2. The molecular weight excluding hydrogens is 504 g/mol. The molecule has 1 unspecified atom stereocenters. The fourth-order valence-electron chi connectivity index (χ4n) is 5.47. The van der Waals surface area contributed by atoms with E-state index in [2.05, 4.69) is 33.4 Å². The van der Waals surface area contributed by atoms with Crippen LogP contribution in [-0.2, 0) is 27.3 Å². The molecule has 2 amide bonds. The van der Waals surface area contributed by atoms with Gasteiger partial charge in [0.15, 0.2) is 0 Å². The lowest BCUT2D eigenvalue weighted by Gasteiger charge is -2.42. The fourth-order valence-corrected chi connectivity index (χ4v) is 5.47. The van der Waals surface area contributed by atoms with E-state index >= 15 is 0 Å². The average molecular weight is 549 g/mol. The lowest BCUT2D eigenvalue weighted by molar-refractivity contribution is -0.190. The molecule has 3 atom stereocenters. The van der Waals surface area contributed by atoms with Crippen molar-refractivity contribution >= 4 is 17.5 Å². The van der Waals surface area contributed by atoms with Gasteiger partial charge in [0.1, 0.15) is 6.04 Å². The minimum Gasteiger partial charge on any atom is -0.356 e. The Morgan fingerprint density at radius 1 is 1.05 bits per heavy atom. The maximum absolute atomic E-state index is 14.0. The van der Waals surface area contributed by atoms with Gasteiger partial charge in [-0.1, -0.05) is 68.4 Å². The molecule has 1 aliphatic heterocycles. The molecule has 40 heavy (non-hydrogen) atoms. The van der Waals surface area contributed by atoms with Crippen LogP contribution in [0.3, 0.4) is 0 Å². The Hall–Kier alpha value is -2.91. The van der Waals surface area contributed by atoms with Crippen molar-refractivity contribution in [2.24, 2.45) is 10.9 Å². The van der Waals surface area contributed by atoms with Crippen LogP contribution in [0.2, 0.25) is 0 Å². The largest absolute Gasteiger partial charge is 0.356 e. The van der Waals surface area contributed by atoms with Gasteiger partial charge < -0.3 is 14.7 Å². The van der Waals surface area contributed by atoms with E-state index in [1.165, 1.54) is 5.56 Å². The number of piperazine rings is 1. The van der Waals surface area contributed by atoms with Gasteiger partial charge in [-0.2, -0.15) is 0 Å². The number of hydrogen-bond acceptors (Lipinski definition) is 6. The molecule has 1 aliphatic carbocycles. The molecule has 1 heterocycles. The molecule has 4 rings (SSSR count). The average Bonchev–Trinajstić information content (AvgIpc) is 2.91. The highest BCUT2D eigenvalue weighted by atomic mass is 16.6. The number of fused-ring (bicyclic) bond motifs is 1. The predicted molar refractivity (Wildman–Crippen MR) is 157 cm³/mol. The van der Waals surface area contributed by atoms with Crippen LogP contribution < -0.4 is 5.32 Å². The molecule has 2 aromatic carbocycles. The topological polar surface area (TPSA) is 94.5 Å². The Bertz CT molecular complexity index is 1190. The SMILES string of the molecule is CC(C)[C@H](NC(O)OC(C)(C)C)C(=O)N1CCN(Cc2ccccc2)C[C@H]1C(=O)N=C1CCCc2ccccc21. The van der Waals surface area contributed by atoms with Gasteiger partial charge in [-0.15, -0.1) is 0 Å². The summed E-state index contributed by atoms with van der Waals surface area (Å²) >= 11 is 0. The number of aliphatic hydroxyl groups is 1. The van der Waals surface area contributed by atoms with Crippen molar-refractivity contribution in [2.45, 2.75) is 84.5 Å². The van der Waals surface area contributed by atoms with E-state index in [1.54, 1.807) is 4.90 Å². The van der Waals surface area contributed by atoms with Gasteiger partial charge in [0.2, 0.25) is 12.3 Å². The standard InChI is InChI=1S/C32H44N4O4/c1-22(2)28(34-31(39)40-32(3,4)5)30(38)36-19-18-35(20-23-12-7-6-8-13-23)21-27(36)29(37)33-26-17-11-15-24-14-9-10-16-25(24)26/h6-10,12-14,16,22,27-28,31,34,39H,11,15,17-21H2,1-5H3/t27-,28-,31?/m0/s1. The van der Waals surface area contributed by atoms with Crippen molar-refractivity contribution in [1.29, 1.82) is 0 Å². The molecular formula is C32H44N4O4. The van der Waals surface area contributed by atoms with E-state index in [0.29, 0.717) is 26.2 Å². The molecule has 1 fully saturated rings. The van der Waals surface area contributed by atoms with Crippen LogP contribution in [0, 0.1) is 5.92 Å². The number of aryl methyl sites for hydroxylation is 1. The number of ether oxygens (including phenoxy) is 1.